The first-order chi connectivity index (χ1) is 16.3. The van der Waals surface area contributed by atoms with E-state index < -0.39 is 5.92 Å². The number of aliphatic hydroxyl groups excluding tert-OH is 2. The van der Waals surface area contributed by atoms with Crippen LogP contribution >= 0.6 is 0 Å². The van der Waals surface area contributed by atoms with E-state index in [9.17, 15) is 29.7 Å². The van der Waals surface area contributed by atoms with E-state index >= 15 is 0 Å². The molecule has 35 heavy (non-hydrogen) atoms. The molecule has 0 heterocycles. The maximum Gasteiger partial charge on any atom is 0.167 e. The van der Waals surface area contributed by atoms with Crippen LogP contribution in [0.5, 0.6) is 5.75 Å². The number of phenolic OH excluding ortho intramolecular Hbond substituents is 1. The fourth-order valence-electron chi connectivity index (χ4n) is 6.15. The molecule has 0 aliphatic heterocycles. The van der Waals surface area contributed by atoms with Gasteiger partial charge in [0, 0.05) is 21.8 Å². The summed E-state index contributed by atoms with van der Waals surface area (Å²) in [6.45, 7) is 0.853. The molecule has 1 aromatic rings. The molecule has 7 heteroatoms. The van der Waals surface area contributed by atoms with Crippen molar-refractivity contribution in [3.8, 4) is 5.75 Å². The number of ketones is 3. The van der Waals surface area contributed by atoms with Gasteiger partial charge in [0.25, 0.3) is 0 Å². The van der Waals surface area contributed by atoms with Crippen LogP contribution in [0.15, 0.2) is 12.1 Å². The van der Waals surface area contributed by atoms with Gasteiger partial charge in [0.05, 0.1) is 18.6 Å². The Hall–Kier alpha value is -2.09. The summed E-state index contributed by atoms with van der Waals surface area (Å²) in [6, 6.07) is 3.59. The standard InChI is InChI=1S/C28H40O6.H2O.2H2/c1-18(31)13-26(33)24(17-30)22(11-12-29)14-20-15-23-21(8-7-19-5-3-2-4-6-19)9-10-25(32)28(23)27(34)16-20;;;/h9-10,19-20,22,24,29-30,32H,2-8,11-17H2,1H3;1H2;2*1H. The molecule has 0 saturated heterocycles. The van der Waals surface area contributed by atoms with Crippen molar-refractivity contribution >= 4 is 17.3 Å². The van der Waals surface area contributed by atoms with E-state index in [-0.39, 0.29) is 69.3 Å². The lowest BCUT2D eigenvalue weighted by Gasteiger charge is -2.32. The second-order valence-corrected chi connectivity index (χ2v) is 10.5. The van der Waals surface area contributed by atoms with Crippen LogP contribution in [0.25, 0.3) is 0 Å². The quantitative estimate of drug-likeness (QED) is 0.376. The molecule has 1 saturated carbocycles. The summed E-state index contributed by atoms with van der Waals surface area (Å²) in [5.74, 6) is -0.927. The summed E-state index contributed by atoms with van der Waals surface area (Å²) in [4.78, 5) is 37.1. The summed E-state index contributed by atoms with van der Waals surface area (Å²) < 4.78 is 0. The van der Waals surface area contributed by atoms with E-state index in [0.29, 0.717) is 24.8 Å². The van der Waals surface area contributed by atoms with Gasteiger partial charge in [-0.15, -0.1) is 0 Å². The SMILES string of the molecule is CC(=O)CC(=O)C(CO)C(CCO)CC1CC(=O)c2c(O)ccc(CCC3CCCCC3)c2C1.O.[HH].[HH]. The van der Waals surface area contributed by atoms with Crippen LogP contribution in [0.2, 0.25) is 0 Å². The van der Waals surface area contributed by atoms with Crippen LogP contribution < -0.4 is 0 Å². The number of Topliss-reactive ketones (excluding diaryl/α,β-unsaturated/α-hetero) is 3. The van der Waals surface area contributed by atoms with Gasteiger partial charge in [0.2, 0.25) is 0 Å². The third kappa shape index (κ3) is 7.69. The number of benzene rings is 1. The Balaban J connectivity index is 0.00000432. The van der Waals surface area contributed by atoms with Crippen molar-refractivity contribution in [3.63, 3.8) is 0 Å². The average molecular weight is 495 g/mol. The third-order valence-corrected chi connectivity index (χ3v) is 7.92. The van der Waals surface area contributed by atoms with Crippen molar-refractivity contribution in [1.29, 1.82) is 0 Å². The highest BCUT2D eigenvalue weighted by molar-refractivity contribution is 6.01. The molecule has 0 radical (unpaired) electrons. The van der Waals surface area contributed by atoms with Gasteiger partial charge in [-0.3, -0.25) is 14.4 Å². The van der Waals surface area contributed by atoms with Crippen LogP contribution in [0.1, 0.15) is 95.5 Å². The minimum absolute atomic E-state index is 0. The molecule has 3 unspecified atom stereocenters. The Morgan fingerprint density at radius 3 is 2.43 bits per heavy atom. The number of aromatic hydroxyl groups is 1. The van der Waals surface area contributed by atoms with Crippen LogP contribution in [0.4, 0.5) is 0 Å². The maximum absolute atomic E-state index is 13.1. The third-order valence-electron chi connectivity index (χ3n) is 7.92. The van der Waals surface area contributed by atoms with Gasteiger partial charge in [0.15, 0.2) is 5.78 Å². The molecular weight excluding hydrogens is 448 g/mol. The first-order valence-electron chi connectivity index (χ1n) is 12.9. The van der Waals surface area contributed by atoms with Crippen LogP contribution in [-0.2, 0) is 22.4 Å². The van der Waals surface area contributed by atoms with Crippen molar-refractivity contribution in [3.05, 3.63) is 28.8 Å². The fourth-order valence-corrected chi connectivity index (χ4v) is 6.15. The average Bonchev–Trinajstić information content (AvgIpc) is 2.79. The number of phenols is 1. The molecule has 0 spiro atoms. The summed E-state index contributed by atoms with van der Waals surface area (Å²) in [5.41, 5.74) is 2.50. The summed E-state index contributed by atoms with van der Waals surface area (Å²) in [6.07, 6.45) is 9.95. The van der Waals surface area contributed by atoms with E-state index in [4.69, 9.17) is 0 Å². The Bertz CT molecular complexity index is 884. The van der Waals surface area contributed by atoms with Gasteiger partial charge in [-0.05, 0) is 74.0 Å². The number of hydrogen-bond donors (Lipinski definition) is 3. The molecule has 2 aliphatic carbocycles. The zero-order valence-electron chi connectivity index (χ0n) is 20.9. The van der Waals surface area contributed by atoms with Crippen LogP contribution in [-0.4, -0.2) is 51.4 Å². The molecule has 2 aliphatic rings. The van der Waals surface area contributed by atoms with Gasteiger partial charge in [0.1, 0.15) is 17.3 Å². The highest BCUT2D eigenvalue weighted by Crippen LogP contribution is 2.39. The number of rotatable bonds is 12. The van der Waals surface area contributed by atoms with Crippen molar-refractivity contribution in [2.24, 2.45) is 23.7 Å². The normalized spacial score (nSPS) is 20.0. The lowest BCUT2D eigenvalue weighted by molar-refractivity contribution is -0.131. The number of carbonyl (C=O) groups excluding carboxylic acids is 3. The second kappa shape index (κ2) is 13.9. The van der Waals surface area contributed by atoms with Gasteiger partial charge >= 0.3 is 0 Å². The first-order valence-corrected chi connectivity index (χ1v) is 12.9. The van der Waals surface area contributed by atoms with Crippen molar-refractivity contribution in [2.45, 2.75) is 84.0 Å². The monoisotopic (exact) mass is 494 g/mol. The minimum Gasteiger partial charge on any atom is -0.507 e. The Kier molecular flexibility index (Phi) is 11.5. The Morgan fingerprint density at radius 2 is 1.80 bits per heavy atom. The Labute approximate surface area is 211 Å². The summed E-state index contributed by atoms with van der Waals surface area (Å²) >= 11 is 0. The van der Waals surface area contributed by atoms with E-state index in [1.165, 1.54) is 39.0 Å². The predicted molar refractivity (Wildman–Crippen MR) is 138 cm³/mol. The molecule has 1 fully saturated rings. The molecule has 3 atom stereocenters. The molecule has 0 aromatic heterocycles. The summed E-state index contributed by atoms with van der Waals surface area (Å²) in [5, 5.41) is 29.9. The number of carbonyl (C=O) groups is 3. The van der Waals surface area contributed by atoms with E-state index in [1.54, 1.807) is 6.07 Å². The van der Waals surface area contributed by atoms with Gasteiger partial charge < -0.3 is 20.8 Å². The minimum atomic E-state index is -0.720. The largest absolute Gasteiger partial charge is 0.507 e. The van der Waals surface area contributed by atoms with Crippen LogP contribution in [0, 0.1) is 23.7 Å². The van der Waals surface area contributed by atoms with E-state index in [2.05, 4.69) is 0 Å². The van der Waals surface area contributed by atoms with Crippen molar-refractivity contribution in [1.82, 2.24) is 0 Å². The van der Waals surface area contributed by atoms with Crippen molar-refractivity contribution in [2.75, 3.05) is 13.2 Å². The topological polar surface area (TPSA) is 143 Å². The van der Waals surface area contributed by atoms with Gasteiger partial charge in [-0.25, -0.2) is 0 Å². The molecule has 1 aromatic carbocycles. The zero-order valence-corrected chi connectivity index (χ0v) is 20.9. The number of aliphatic hydroxyl groups is 2. The van der Waals surface area contributed by atoms with Gasteiger partial charge in [-0.2, -0.15) is 0 Å². The number of hydrogen-bond acceptors (Lipinski definition) is 6. The molecule has 0 bridgehead atoms. The second-order valence-electron chi connectivity index (χ2n) is 10.5. The number of fused-ring (bicyclic) bond motifs is 1. The molecule has 0 amide bonds. The number of aryl methyl sites for hydroxylation is 1. The van der Waals surface area contributed by atoms with E-state index in [0.717, 1.165) is 29.9 Å². The highest BCUT2D eigenvalue weighted by atomic mass is 16.3. The highest BCUT2D eigenvalue weighted by Gasteiger charge is 2.35. The van der Waals surface area contributed by atoms with E-state index in [1.807, 2.05) is 6.07 Å². The molecule has 5 N–H and O–H groups in total. The lowest BCUT2D eigenvalue weighted by Crippen LogP contribution is -2.32. The Morgan fingerprint density at radius 1 is 1.09 bits per heavy atom. The van der Waals surface area contributed by atoms with Crippen LogP contribution in [0.3, 0.4) is 0 Å². The summed E-state index contributed by atoms with van der Waals surface area (Å²) in [7, 11) is 0. The van der Waals surface area contributed by atoms with Gasteiger partial charge in [-0.1, -0.05) is 38.2 Å². The smallest absolute Gasteiger partial charge is 0.167 e. The molecule has 3 rings (SSSR count). The lowest BCUT2D eigenvalue weighted by atomic mass is 9.72. The first kappa shape index (κ1) is 29.1. The maximum atomic E-state index is 13.1. The zero-order chi connectivity index (χ0) is 24.7. The molecular formula is C28H46O7. The predicted octanol–water partition coefficient (Wildman–Crippen LogP) is 3.86. The fraction of sp³-hybridized carbons (Fsp3) is 0.679. The molecule has 200 valence electrons. The van der Waals surface area contributed by atoms with Crippen molar-refractivity contribution < 1.29 is 38.0 Å². The molecule has 7 nitrogen and oxygen atoms in total.